The van der Waals surface area contributed by atoms with Crippen LogP contribution in [-0.4, -0.2) is 29.0 Å². The first-order chi connectivity index (χ1) is 9.61. The first-order valence-corrected chi connectivity index (χ1v) is 6.51. The molecule has 0 aliphatic rings. The highest BCUT2D eigenvalue weighted by Gasteiger charge is 2.16. The van der Waals surface area contributed by atoms with Crippen molar-refractivity contribution in [1.29, 1.82) is 0 Å². The van der Waals surface area contributed by atoms with Crippen molar-refractivity contribution in [3.63, 3.8) is 0 Å². The zero-order chi connectivity index (χ0) is 14.5. The van der Waals surface area contributed by atoms with Gasteiger partial charge in [-0.1, -0.05) is 18.2 Å². The molecule has 20 heavy (non-hydrogen) atoms. The molecule has 2 rings (SSSR count). The third kappa shape index (κ3) is 3.24. The minimum absolute atomic E-state index is 0.226. The van der Waals surface area contributed by atoms with Gasteiger partial charge in [-0.05, 0) is 20.0 Å². The fraction of sp³-hybridized carbons (Fsp3) is 0.333. The van der Waals surface area contributed by atoms with Crippen LogP contribution in [-0.2, 0) is 6.54 Å². The molecular formula is C15H20N4O. The number of benzene rings is 1. The Hall–Kier alpha value is -2.14. The fourth-order valence-corrected chi connectivity index (χ4v) is 2.12. The van der Waals surface area contributed by atoms with E-state index in [1.807, 2.05) is 18.2 Å². The second-order valence-corrected chi connectivity index (χ2v) is 4.78. The summed E-state index contributed by atoms with van der Waals surface area (Å²) < 4.78 is 5.41. The van der Waals surface area contributed by atoms with E-state index in [2.05, 4.69) is 34.9 Å². The summed E-state index contributed by atoms with van der Waals surface area (Å²) in [5, 5.41) is 0. The van der Waals surface area contributed by atoms with Gasteiger partial charge in [-0.25, -0.2) is 9.97 Å². The van der Waals surface area contributed by atoms with Gasteiger partial charge in [-0.2, -0.15) is 0 Å². The average molecular weight is 272 g/mol. The SMILES string of the molecule is COc1ccccc1[C@H](C)N(C)Cc1cnc(N)nc1. The van der Waals surface area contributed by atoms with E-state index in [0.717, 1.165) is 23.4 Å². The molecule has 0 aliphatic heterocycles. The van der Waals surface area contributed by atoms with Gasteiger partial charge in [-0.3, -0.25) is 4.90 Å². The second kappa shape index (κ2) is 6.34. The lowest BCUT2D eigenvalue weighted by atomic mass is 10.1. The van der Waals surface area contributed by atoms with Gasteiger partial charge < -0.3 is 10.5 Å². The van der Waals surface area contributed by atoms with Crippen LogP contribution in [0, 0.1) is 0 Å². The summed E-state index contributed by atoms with van der Waals surface area (Å²) in [6.07, 6.45) is 3.52. The minimum atomic E-state index is 0.226. The molecule has 5 nitrogen and oxygen atoms in total. The van der Waals surface area contributed by atoms with Gasteiger partial charge >= 0.3 is 0 Å². The van der Waals surface area contributed by atoms with E-state index in [1.54, 1.807) is 19.5 Å². The lowest BCUT2D eigenvalue weighted by molar-refractivity contribution is 0.246. The maximum atomic E-state index is 5.49. The molecule has 0 amide bonds. The number of nitrogens with zero attached hydrogens (tertiary/aromatic N) is 3. The van der Waals surface area contributed by atoms with E-state index in [9.17, 15) is 0 Å². The first kappa shape index (κ1) is 14.3. The minimum Gasteiger partial charge on any atom is -0.496 e. The molecule has 0 unspecified atom stereocenters. The monoisotopic (exact) mass is 272 g/mol. The highest BCUT2D eigenvalue weighted by atomic mass is 16.5. The molecule has 0 bridgehead atoms. The van der Waals surface area contributed by atoms with Crippen molar-refractivity contribution in [3.05, 3.63) is 47.8 Å². The summed E-state index contributed by atoms with van der Waals surface area (Å²) >= 11 is 0. The van der Waals surface area contributed by atoms with Crippen LogP contribution in [0.15, 0.2) is 36.7 Å². The number of methoxy groups -OCH3 is 1. The Balaban J connectivity index is 2.12. The van der Waals surface area contributed by atoms with Crippen LogP contribution in [0.5, 0.6) is 5.75 Å². The largest absolute Gasteiger partial charge is 0.496 e. The van der Waals surface area contributed by atoms with E-state index in [0.29, 0.717) is 5.95 Å². The fourth-order valence-electron chi connectivity index (χ4n) is 2.12. The highest BCUT2D eigenvalue weighted by Crippen LogP contribution is 2.28. The van der Waals surface area contributed by atoms with Crippen molar-refractivity contribution < 1.29 is 4.74 Å². The molecule has 0 saturated heterocycles. The van der Waals surface area contributed by atoms with E-state index < -0.39 is 0 Å². The van der Waals surface area contributed by atoms with Crippen LogP contribution in [0.2, 0.25) is 0 Å². The first-order valence-electron chi connectivity index (χ1n) is 6.51. The van der Waals surface area contributed by atoms with Crippen molar-refractivity contribution in [2.24, 2.45) is 0 Å². The summed E-state index contributed by atoms with van der Waals surface area (Å²) in [5.41, 5.74) is 7.69. The van der Waals surface area contributed by atoms with Crippen LogP contribution in [0.1, 0.15) is 24.1 Å². The molecule has 1 aromatic heterocycles. The highest BCUT2D eigenvalue weighted by molar-refractivity contribution is 5.35. The molecule has 2 N–H and O–H groups in total. The summed E-state index contributed by atoms with van der Waals surface area (Å²) in [7, 11) is 3.76. The Bertz CT molecular complexity index is 556. The molecule has 1 aromatic carbocycles. The van der Waals surface area contributed by atoms with Gasteiger partial charge in [0, 0.05) is 36.1 Å². The lowest BCUT2D eigenvalue weighted by Crippen LogP contribution is -2.22. The number of ether oxygens (including phenoxy) is 1. The summed E-state index contributed by atoms with van der Waals surface area (Å²) in [6.45, 7) is 2.90. The van der Waals surface area contributed by atoms with Crippen molar-refractivity contribution in [2.45, 2.75) is 19.5 Å². The molecule has 106 valence electrons. The van der Waals surface area contributed by atoms with Crippen LogP contribution < -0.4 is 10.5 Å². The topological polar surface area (TPSA) is 64.3 Å². The maximum absolute atomic E-state index is 5.49. The number of rotatable bonds is 5. The zero-order valence-corrected chi connectivity index (χ0v) is 12.1. The molecule has 2 aromatic rings. The van der Waals surface area contributed by atoms with Crippen LogP contribution in [0.3, 0.4) is 0 Å². The molecule has 1 heterocycles. The Morgan fingerprint density at radius 3 is 2.55 bits per heavy atom. The van der Waals surface area contributed by atoms with Gasteiger partial charge in [0.15, 0.2) is 0 Å². The van der Waals surface area contributed by atoms with Gasteiger partial charge in [0.05, 0.1) is 7.11 Å². The Labute approximate surface area is 119 Å². The molecule has 0 saturated carbocycles. The number of hydrogen-bond acceptors (Lipinski definition) is 5. The average Bonchev–Trinajstić information content (AvgIpc) is 2.48. The quantitative estimate of drug-likeness (QED) is 0.904. The van der Waals surface area contributed by atoms with Crippen molar-refractivity contribution in [1.82, 2.24) is 14.9 Å². The van der Waals surface area contributed by atoms with Gasteiger partial charge in [0.2, 0.25) is 5.95 Å². The standard InChI is InChI=1S/C15H20N4O/c1-11(13-6-4-5-7-14(13)20-3)19(2)10-12-8-17-15(16)18-9-12/h4-9,11H,10H2,1-3H3,(H2,16,17,18)/t11-/m0/s1. The van der Waals surface area contributed by atoms with E-state index in [1.165, 1.54) is 0 Å². The molecular weight excluding hydrogens is 252 g/mol. The number of anilines is 1. The molecule has 0 fully saturated rings. The Morgan fingerprint density at radius 1 is 1.25 bits per heavy atom. The van der Waals surface area contributed by atoms with E-state index in [4.69, 9.17) is 10.5 Å². The molecule has 0 spiro atoms. The molecule has 0 aliphatic carbocycles. The number of nitrogens with two attached hydrogens (primary N) is 1. The maximum Gasteiger partial charge on any atom is 0.219 e. The summed E-state index contributed by atoms with van der Waals surface area (Å²) in [6, 6.07) is 8.28. The number of aromatic nitrogens is 2. The number of hydrogen-bond donors (Lipinski definition) is 1. The third-order valence-corrected chi connectivity index (χ3v) is 3.41. The van der Waals surface area contributed by atoms with E-state index in [-0.39, 0.29) is 6.04 Å². The summed E-state index contributed by atoms with van der Waals surface area (Å²) in [5.74, 6) is 1.20. The zero-order valence-electron chi connectivity index (χ0n) is 12.1. The smallest absolute Gasteiger partial charge is 0.219 e. The predicted octanol–water partition coefficient (Wildman–Crippen LogP) is 2.26. The predicted molar refractivity (Wildman–Crippen MR) is 79.3 cm³/mol. The molecule has 1 atom stereocenters. The summed E-state index contributed by atoms with van der Waals surface area (Å²) in [4.78, 5) is 10.2. The number of para-hydroxylation sites is 1. The van der Waals surface area contributed by atoms with Gasteiger partial charge in [0.1, 0.15) is 5.75 Å². The normalized spacial score (nSPS) is 12.4. The molecule has 0 radical (unpaired) electrons. The number of nitrogen functional groups attached to an aromatic ring is 1. The Kier molecular flexibility index (Phi) is 4.53. The van der Waals surface area contributed by atoms with Crippen molar-refractivity contribution in [3.8, 4) is 5.75 Å². The van der Waals surface area contributed by atoms with Crippen molar-refractivity contribution in [2.75, 3.05) is 19.9 Å². The van der Waals surface area contributed by atoms with Crippen LogP contribution in [0.4, 0.5) is 5.95 Å². The third-order valence-electron chi connectivity index (χ3n) is 3.41. The van der Waals surface area contributed by atoms with E-state index >= 15 is 0 Å². The van der Waals surface area contributed by atoms with Crippen LogP contribution >= 0.6 is 0 Å². The Morgan fingerprint density at radius 2 is 1.90 bits per heavy atom. The lowest BCUT2D eigenvalue weighted by Gasteiger charge is -2.26. The van der Waals surface area contributed by atoms with Crippen LogP contribution in [0.25, 0.3) is 0 Å². The molecule has 5 heteroatoms. The van der Waals surface area contributed by atoms with Gasteiger partial charge in [0.25, 0.3) is 0 Å². The van der Waals surface area contributed by atoms with Gasteiger partial charge in [-0.15, -0.1) is 0 Å². The van der Waals surface area contributed by atoms with Crippen molar-refractivity contribution >= 4 is 5.95 Å². The second-order valence-electron chi connectivity index (χ2n) is 4.78.